The number of hydrogen-bond donors (Lipinski definition) is 0. The van der Waals surface area contributed by atoms with E-state index in [4.69, 9.17) is 17.0 Å². The first-order valence-corrected chi connectivity index (χ1v) is 23.0. The van der Waals surface area contributed by atoms with Crippen molar-refractivity contribution in [3.05, 3.63) is 131 Å². The predicted molar refractivity (Wildman–Crippen MR) is 192 cm³/mol. The molecule has 0 heterocycles. The van der Waals surface area contributed by atoms with E-state index in [1.807, 2.05) is 0 Å². The number of fused-ring (bicyclic) bond motifs is 2. The van der Waals surface area contributed by atoms with Crippen molar-refractivity contribution in [3.63, 3.8) is 0 Å². The summed E-state index contributed by atoms with van der Waals surface area (Å²) in [6.45, 7) is 17.5. The average molecular weight is 701 g/mol. The van der Waals surface area contributed by atoms with E-state index in [9.17, 15) is 0 Å². The van der Waals surface area contributed by atoms with Gasteiger partial charge in [0.25, 0.3) is 0 Å². The molecule has 4 heteroatoms. The minimum atomic E-state index is -0.826. The molecule has 0 saturated carbocycles. The van der Waals surface area contributed by atoms with Crippen LogP contribution >= 0.6 is 17.0 Å². The second-order valence-electron chi connectivity index (χ2n) is 11.4. The quantitative estimate of drug-likeness (QED) is 0.127. The first-order valence-electron chi connectivity index (χ1n) is 14.7. The van der Waals surface area contributed by atoms with Crippen LogP contribution in [0.15, 0.2) is 103 Å². The Kier molecular flexibility index (Phi) is 14.2. The van der Waals surface area contributed by atoms with Crippen molar-refractivity contribution >= 4 is 48.1 Å². The molecule has 0 aliphatic rings. The predicted octanol–water partition coefficient (Wildman–Crippen LogP) is 13.0. The zero-order valence-electron chi connectivity index (χ0n) is 26.6. The Labute approximate surface area is 280 Å². The van der Waals surface area contributed by atoms with E-state index in [0.29, 0.717) is 5.92 Å². The van der Waals surface area contributed by atoms with Crippen LogP contribution in [0.25, 0.3) is 43.8 Å². The van der Waals surface area contributed by atoms with Crippen molar-refractivity contribution in [1.29, 1.82) is 0 Å². The van der Waals surface area contributed by atoms with E-state index < -0.39 is 20.8 Å². The number of halogens is 2. The molecular formula is C39H42Cl2SiZr. The fraction of sp³-hybridized carbons (Fsp3) is 0.231. The average Bonchev–Trinajstić information content (AvgIpc) is 3.59. The van der Waals surface area contributed by atoms with Crippen LogP contribution in [0.2, 0.25) is 13.1 Å². The van der Waals surface area contributed by atoms with Gasteiger partial charge in [-0.05, 0) is 43.4 Å². The molecule has 2 radical (unpaired) electrons. The Morgan fingerprint density at radius 2 is 1.26 bits per heavy atom. The third-order valence-electron chi connectivity index (χ3n) is 7.32. The van der Waals surface area contributed by atoms with Crippen molar-refractivity contribution in [3.8, 4) is 22.3 Å². The first-order chi connectivity index (χ1) is 20.6. The summed E-state index contributed by atoms with van der Waals surface area (Å²) in [5.41, 5.74) is 12.1. The van der Waals surface area contributed by atoms with E-state index in [1.54, 1.807) is 0 Å². The van der Waals surface area contributed by atoms with Crippen LogP contribution < -0.4 is 0 Å². The van der Waals surface area contributed by atoms with Crippen LogP contribution in [0.3, 0.4) is 0 Å². The van der Waals surface area contributed by atoms with Gasteiger partial charge in [0.1, 0.15) is 0 Å². The van der Waals surface area contributed by atoms with Crippen molar-refractivity contribution in [2.45, 2.75) is 60.6 Å². The Bertz CT molecular complexity index is 1730. The van der Waals surface area contributed by atoms with E-state index in [2.05, 4.69) is 158 Å². The molecule has 6 aromatic carbocycles. The van der Waals surface area contributed by atoms with Gasteiger partial charge in [-0.25, -0.2) is 0 Å². The molecular weight excluding hydrogens is 659 g/mol. The van der Waals surface area contributed by atoms with Crippen molar-refractivity contribution in [1.82, 2.24) is 0 Å². The molecule has 0 saturated heterocycles. The van der Waals surface area contributed by atoms with E-state index in [-0.39, 0.29) is 0 Å². The van der Waals surface area contributed by atoms with Crippen LogP contribution in [0, 0.1) is 27.7 Å². The van der Waals surface area contributed by atoms with Gasteiger partial charge in [-0.15, -0.1) is 63.0 Å². The first kappa shape index (κ1) is 35.3. The topological polar surface area (TPSA) is 0 Å². The minimum absolute atomic E-state index is 0.578. The van der Waals surface area contributed by atoms with Gasteiger partial charge < -0.3 is 0 Å². The monoisotopic (exact) mass is 698 g/mol. The Morgan fingerprint density at radius 3 is 1.91 bits per heavy atom. The Balaban J connectivity index is 0.000000201. The molecule has 220 valence electrons. The number of aryl methyl sites for hydroxylation is 4. The van der Waals surface area contributed by atoms with Crippen LogP contribution in [0.1, 0.15) is 47.6 Å². The molecule has 0 nitrogen and oxygen atoms in total. The molecule has 43 heavy (non-hydrogen) atoms. The van der Waals surface area contributed by atoms with Crippen LogP contribution in [0.5, 0.6) is 0 Å². The third kappa shape index (κ3) is 9.63. The molecule has 0 fully saturated rings. The molecule has 0 aliphatic carbocycles. The molecule has 0 aliphatic heterocycles. The summed E-state index contributed by atoms with van der Waals surface area (Å²) in [6, 6.07) is 37.7. The van der Waals surface area contributed by atoms with Gasteiger partial charge in [-0.1, -0.05) is 117 Å². The Morgan fingerprint density at radius 1 is 0.628 bits per heavy atom. The van der Waals surface area contributed by atoms with E-state index >= 15 is 0 Å². The molecule has 0 atom stereocenters. The van der Waals surface area contributed by atoms with Gasteiger partial charge in [0, 0.05) is 9.52 Å². The van der Waals surface area contributed by atoms with Crippen molar-refractivity contribution in [2.75, 3.05) is 0 Å². The number of hydrogen-bond acceptors (Lipinski definition) is 0. The van der Waals surface area contributed by atoms with Gasteiger partial charge in [0.05, 0.1) is 0 Å². The summed E-state index contributed by atoms with van der Waals surface area (Å²) in [6.07, 6.45) is 0. The summed E-state index contributed by atoms with van der Waals surface area (Å²) in [4.78, 5) is 0. The van der Waals surface area contributed by atoms with Crippen molar-refractivity contribution < 1.29 is 20.8 Å². The van der Waals surface area contributed by atoms with Gasteiger partial charge in [-0.2, -0.15) is 12.1 Å². The molecule has 6 rings (SSSR count). The summed E-state index contributed by atoms with van der Waals surface area (Å²) >= 11 is -0.826. The fourth-order valence-corrected chi connectivity index (χ4v) is 5.33. The van der Waals surface area contributed by atoms with E-state index in [1.165, 1.54) is 71.6 Å². The zero-order valence-corrected chi connectivity index (χ0v) is 31.6. The molecule has 0 unspecified atom stereocenters. The summed E-state index contributed by atoms with van der Waals surface area (Å²) in [7, 11) is 11.0. The van der Waals surface area contributed by atoms with Gasteiger partial charge in [0.2, 0.25) is 0 Å². The maximum atomic E-state index is 4.93. The van der Waals surface area contributed by atoms with Gasteiger partial charge >= 0.3 is 37.9 Å². The second kappa shape index (κ2) is 17.3. The Hall–Kier alpha value is -2.22. The third-order valence-corrected chi connectivity index (χ3v) is 7.32. The van der Waals surface area contributed by atoms with E-state index in [0.717, 1.165) is 9.52 Å². The number of rotatable bonds is 3. The maximum absolute atomic E-state index is 4.93. The molecule has 0 bridgehead atoms. The van der Waals surface area contributed by atoms with Crippen molar-refractivity contribution in [2.24, 2.45) is 0 Å². The van der Waals surface area contributed by atoms with Crippen LogP contribution in [0.4, 0.5) is 0 Å². The molecule has 0 aromatic heterocycles. The standard InChI is InChI=1S/C20H21.C17H15.C2H6Si.2ClH.Zr/c1-13(2)17-11-16-6-5-7-18(20(16)12-17)19-10-14(3)8-9-15(19)4;1-12-8-15-9-13(2)11-17(15)16(10-12)14-6-4-3-5-7-14;1-3-2;;;/h5-13H,1-4H3;3-11H,1-2H3;1-2H3;2*1H;/q2*-1;;;;+4/p-2. The normalized spacial score (nSPS) is 10.3. The summed E-state index contributed by atoms with van der Waals surface area (Å²) < 4.78 is 0. The number of benzene rings is 4. The molecule has 0 N–H and O–H groups in total. The van der Waals surface area contributed by atoms with Crippen LogP contribution in [-0.4, -0.2) is 9.52 Å². The zero-order chi connectivity index (χ0) is 31.5. The molecule has 6 aromatic rings. The van der Waals surface area contributed by atoms with Gasteiger partial charge in [0.15, 0.2) is 0 Å². The fourth-order valence-electron chi connectivity index (χ4n) is 5.33. The summed E-state index contributed by atoms with van der Waals surface area (Å²) in [5, 5.41) is 5.44. The van der Waals surface area contributed by atoms with Gasteiger partial charge in [-0.3, -0.25) is 0 Å². The van der Waals surface area contributed by atoms with Crippen LogP contribution in [-0.2, 0) is 20.8 Å². The molecule has 0 spiro atoms. The summed E-state index contributed by atoms with van der Waals surface area (Å²) in [5.74, 6) is 0.578. The molecule has 0 amide bonds. The SMILES string of the molecule is C[Si]C.Cc1cc(-c2ccccc2)c2cc(C)[cH-]c2c1.Cc1ccc(C)c(-c2cccc3[cH-]c(C(C)C)cc23)c1.[Cl][Zr+2][Cl]. The second-order valence-corrected chi connectivity index (χ2v) is 16.1.